The van der Waals surface area contributed by atoms with Gasteiger partial charge >= 0.3 is 0 Å². The summed E-state index contributed by atoms with van der Waals surface area (Å²) in [6.07, 6.45) is 0.730. The fraction of sp³-hybridized carbons (Fsp3) is 0.300. The van der Waals surface area contributed by atoms with Gasteiger partial charge in [-0.05, 0) is 31.0 Å². The monoisotopic (exact) mass is 340 g/mol. The third-order valence-corrected chi connectivity index (χ3v) is 3.69. The van der Waals surface area contributed by atoms with E-state index in [4.69, 9.17) is 4.74 Å². The van der Waals surface area contributed by atoms with Crippen LogP contribution in [0.25, 0.3) is 0 Å². The second-order valence-electron chi connectivity index (χ2n) is 5.74. The second-order valence-corrected chi connectivity index (χ2v) is 5.74. The van der Waals surface area contributed by atoms with Crippen molar-refractivity contribution in [2.24, 2.45) is 0 Å². The molecule has 2 aromatic carbocycles. The Morgan fingerprint density at radius 3 is 2.44 bits per heavy atom. The Kier molecular flexibility index (Phi) is 7.01. The van der Waals surface area contributed by atoms with Gasteiger partial charge < -0.3 is 15.4 Å². The van der Waals surface area contributed by atoms with Crippen LogP contribution in [0.15, 0.2) is 54.6 Å². The molecule has 0 bridgehead atoms. The number of carbonyl (C=O) groups is 2. The average Bonchev–Trinajstić information content (AvgIpc) is 2.62. The van der Waals surface area contributed by atoms with E-state index in [0.717, 1.165) is 12.0 Å². The number of hydrogen-bond donors (Lipinski definition) is 2. The lowest BCUT2D eigenvalue weighted by Gasteiger charge is -2.15. The molecule has 1 atom stereocenters. The van der Waals surface area contributed by atoms with E-state index in [1.807, 2.05) is 49.4 Å². The Morgan fingerprint density at radius 1 is 1.04 bits per heavy atom. The summed E-state index contributed by atoms with van der Waals surface area (Å²) in [5, 5.41) is 5.29. The first kappa shape index (κ1) is 18.5. The summed E-state index contributed by atoms with van der Waals surface area (Å²) in [7, 11) is 0. The number of carbonyl (C=O) groups excluding carboxylic acids is 2. The molecule has 2 rings (SSSR count). The van der Waals surface area contributed by atoms with Crippen molar-refractivity contribution < 1.29 is 14.3 Å². The lowest BCUT2D eigenvalue weighted by atomic mass is 10.0. The molecule has 5 nitrogen and oxygen atoms in total. The van der Waals surface area contributed by atoms with E-state index in [1.165, 1.54) is 5.56 Å². The Labute approximate surface area is 148 Å². The smallest absolute Gasteiger partial charge is 0.258 e. The molecule has 0 aromatic heterocycles. The first-order valence-electron chi connectivity index (χ1n) is 8.42. The minimum atomic E-state index is -0.587. The fourth-order valence-electron chi connectivity index (χ4n) is 2.43. The van der Waals surface area contributed by atoms with Gasteiger partial charge in [0, 0.05) is 13.0 Å². The van der Waals surface area contributed by atoms with Crippen molar-refractivity contribution >= 4 is 11.8 Å². The van der Waals surface area contributed by atoms with E-state index >= 15 is 0 Å². The first-order chi connectivity index (χ1) is 12.1. The molecule has 2 aromatic rings. The fourth-order valence-corrected chi connectivity index (χ4v) is 2.43. The topological polar surface area (TPSA) is 67.4 Å². The van der Waals surface area contributed by atoms with Gasteiger partial charge in [-0.1, -0.05) is 48.5 Å². The van der Waals surface area contributed by atoms with Gasteiger partial charge in [-0.25, -0.2) is 0 Å². The zero-order chi connectivity index (χ0) is 18.1. The van der Waals surface area contributed by atoms with Crippen LogP contribution in [0.4, 0.5) is 0 Å². The number of hydrogen-bond acceptors (Lipinski definition) is 3. The lowest BCUT2D eigenvalue weighted by molar-refractivity contribution is -0.129. The van der Waals surface area contributed by atoms with Gasteiger partial charge in [-0.3, -0.25) is 9.59 Å². The highest BCUT2D eigenvalue weighted by Crippen LogP contribution is 2.21. The van der Waals surface area contributed by atoms with Gasteiger partial charge in [-0.2, -0.15) is 0 Å². The average molecular weight is 340 g/mol. The third kappa shape index (κ3) is 5.95. The minimum absolute atomic E-state index is 0.129. The molecule has 25 heavy (non-hydrogen) atoms. The molecular weight excluding hydrogens is 316 g/mol. The first-order valence-corrected chi connectivity index (χ1v) is 8.42. The zero-order valence-electron chi connectivity index (χ0n) is 14.6. The summed E-state index contributed by atoms with van der Waals surface area (Å²) in [4.78, 5) is 23.6. The van der Waals surface area contributed by atoms with E-state index in [-0.39, 0.29) is 18.4 Å². The molecule has 132 valence electrons. The molecule has 2 N–H and O–H groups in total. The third-order valence-electron chi connectivity index (χ3n) is 3.69. The van der Waals surface area contributed by atoms with Gasteiger partial charge in [0.2, 0.25) is 5.91 Å². The molecule has 5 heteroatoms. The van der Waals surface area contributed by atoms with E-state index in [1.54, 1.807) is 6.92 Å². The minimum Gasteiger partial charge on any atom is -0.483 e. The number of para-hydroxylation sites is 1. The number of rotatable bonds is 8. The van der Waals surface area contributed by atoms with Crippen LogP contribution in [-0.4, -0.2) is 31.0 Å². The van der Waals surface area contributed by atoms with Crippen LogP contribution in [0.1, 0.15) is 25.0 Å². The highest BCUT2D eigenvalue weighted by atomic mass is 16.5. The summed E-state index contributed by atoms with van der Waals surface area (Å²) >= 11 is 0. The van der Waals surface area contributed by atoms with E-state index in [2.05, 4.69) is 22.8 Å². The van der Waals surface area contributed by atoms with Gasteiger partial charge in [-0.15, -0.1) is 0 Å². The van der Waals surface area contributed by atoms with Gasteiger partial charge in [0.1, 0.15) is 11.8 Å². The molecule has 0 heterocycles. The van der Waals surface area contributed by atoms with Crippen molar-refractivity contribution in [3.05, 3.63) is 65.7 Å². The maximum atomic E-state index is 12.0. The molecule has 2 amide bonds. The Hall–Kier alpha value is -2.82. The SMILES string of the molecule is CCNC(=O)C(C)NC(=O)COc1ccccc1Cc1ccccc1. The Morgan fingerprint density at radius 2 is 1.72 bits per heavy atom. The van der Waals surface area contributed by atoms with Crippen molar-refractivity contribution in [3.63, 3.8) is 0 Å². The second kappa shape index (κ2) is 9.47. The summed E-state index contributed by atoms with van der Waals surface area (Å²) < 4.78 is 5.67. The van der Waals surface area contributed by atoms with Gasteiger partial charge in [0.05, 0.1) is 0 Å². The number of likely N-dealkylation sites (N-methyl/N-ethyl adjacent to an activating group) is 1. The molecule has 0 spiro atoms. The van der Waals surface area contributed by atoms with Crippen LogP contribution in [0.3, 0.4) is 0 Å². The number of nitrogens with one attached hydrogen (secondary N) is 2. The molecule has 0 aliphatic carbocycles. The van der Waals surface area contributed by atoms with Crippen LogP contribution >= 0.6 is 0 Å². The molecule has 1 unspecified atom stereocenters. The standard InChI is InChI=1S/C20H24N2O3/c1-3-21-20(24)15(2)22-19(23)14-25-18-12-8-7-11-17(18)13-16-9-5-4-6-10-16/h4-12,15H,3,13-14H2,1-2H3,(H,21,24)(H,22,23). The number of ether oxygens (including phenoxy) is 1. The Balaban J connectivity index is 1.92. The molecule has 0 saturated carbocycles. The quantitative estimate of drug-likeness (QED) is 0.775. The van der Waals surface area contributed by atoms with E-state index < -0.39 is 6.04 Å². The van der Waals surface area contributed by atoms with Crippen molar-refractivity contribution in [3.8, 4) is 5.75 Å². The van der Waals surface area contributed by atoms with Crippen molar-refractivity contribution in [2.75, 3.05) is 13.2 Å². The predicted octanol–water partition coefficient (Wildman–Crippen LogP) is 2.30. The lowest BCUT2D eigenvalue weighted by Crippen LogP contribution is -2.46. The molecule has 0 fully saturated rings. The number of amides is 2. The Bertz CT molecular complexity index is 701. The summed E-state index contributed by atoms with van der Waals surface area (Å²) in [6.45, 7) is 3.88. The zero-order valence-corrected chi connectivity index (χ0v) is 14.6. The normalized spacial score (nSPS) is 11.4. The predicted molar refractivity (Wildman–Crippen MR) is 97.5 cm³/mol. The number of benzene rings is 2. The largest absolute Gasteiger partial charge is 0.483 e. The van der Waals surface area contributed by atoms with Crippen molar-refractivity contribution in [1.82, 2.24) is 10.6 Å². The molecule has 0 aliphatic heterocycles. The van der Waals surface area contributed by atoms with E-state index in [0.29, 0.717) is 12.3 Å². The highest BCUT2D eigenvalue weighted by molar-refractivity contribution is 5.87. The van der Waals surface area contributed by atoms with Crippen molar-refractivity contribution in [1.29, 1.82) is 0 Å². The van der Waals surface area contributed by atoms with E-state index in [9.17, 15) is 9.59 Å². The van der Waals surface area contributed by atoms with Crippen LogP contribution in [0.5, 0.6) is 5.75 Å². The van der Waals surface area contributed by atoms with Gasteiger partial charge in [0.25, 0.3) is 5.91 Å². The van der Waals surface area contributed by atoms with Crippen molar-refractivity contribution in [2.45, 2.75) is 26.3 Å². The molecular formula is C20H24N2O3. The highest BCUT2D eigenvalue weighted by Gasteiger charge is 2.15. The van der Waals surface area contributed by atoms with Crippen LogP contribution in [-0.2, 0) is 16.0 Å². The van der Waals surface area contributed by atoms with Crippen LogP contribution in [0, 0.1) is 0 Å². The summed E-state index contributed by atoms with van der Waals surface area (Å²) in [5.41, 5.74) is 2.19. The molecule has 0 radical (unpaired) electrons. The summed E-state index contributed by atoms with van der Waals surface area (Å²) in [6, 6.07) is 17.1. The maximum absolute atomic E-state index is 12.0. The summed E-state index contributed by atoms with van der Waals surface area (Å²) in [5.74, 6) is 0.140. The maximum Gasteiger partial charge on any atom is 0.258 e. The van der Waals surface area contributed by atoms with Crippen LogP contribution < -0.4 is 15.4 Å². The molecule has 0 aliphatic rings. The molecule has 0 saturated heterocycles. The van der Waals surface area contributed by atoms with Crippen LogP contribution in [0.2, 0.25) is 0 Å². The van der Waals surface area contributed by atoms with Gasteiger partial charge in [0.15, 0.2) is 6.61 Å².